The number of nitrogens with zero attached hydrogens (tertiary/aromatic N) is 1. The second-order valence-corrected chi connectivity index (χ2v) is 6.19. The Hall–Kier alpha value is -3.02. The second kappa shape index (κ2) is 6.84. The first kappa shape index (κ1) is 16.8. The van der Waals surface area contributed by atoms with Gasteiger partial charge in [0.2, 0.25) is 11.8 Å². The number of benzene rings is 2. The highest BCUT2D eigenvalue weighted by molar-refractivity contribution is 6.03. The first-order valence-electron chi connectivity index (χ1n) is 8.09. The summed E-state index contributed by atoms with van der Waals surface area (Å²) in [5, 5.41) is 2.82. The largest absolute Gasteiger partial charge is 0.495 e. The van der Waals surface area contributed by atoms with Crippen LogP contribution < -0.4 is 20.7 Å². The highest BCUT2D eigenvalue weighted by atomic mass is 16.5. The third-order valence-corrected chi connectivity index (χ3v) is 4.34. The zero-order valence-corrected chi connectivity index (χ0v) is 14.3. The number of rotatable bonds is 4. The summed E-state index contributed by atoms with van der Waals surface area (Å²) in [5.41, 5.74) is 8.84. The maximum atomic E-state index is 12.5. The monoisotopic (exact) mass is 339 g/mol. The fourth-order valence-electron chi connectivity index (χ4n) is 2.91. The van der Waals surface area contributed by atoms with Crippen molar-refractivity contribution in [2.45, 2.75) is 13.3 Å². The van der Waals surface area contributed by atoms with Crippen molar-refractivity contribution >= 4 is 28.9 Å². The average molecular weight is 339 g/mol. The molecular weight excluding hydrogens is 318 g/mol. The van der Waals surface area contributed by atoms with Crippen LogP contribution in [-0.4, -0.2) is 25.5 Å². The predicted molar refractivity (Wildman–Crippen MR) is 97.7 cm³/mol. The molecule has 2 aromatic rings. The molecule has 0 bridgehead atoms. The van der Waals surface area contributed by atoms with Crippen LogP contribution in [0.1, 0.15) is 12.0 Å². The van der Waals surface area contributed by atoms with E-state index in [2.05, 4.69) is 5.32 Å². The fraction of sp³-hybridized carbons (Fsp3) is 0.263. The van der Waals surface area contributed by atoms with Gasteiger partial charge in [0, 0.05) is 24.3 Å². The summed E-state index contributed by atoms with van der Waals surface area (Å²) in [5.74, 6) is -0.0671. The smallest absolute Gasteiger partial charge is 0.229 e. The summed E-state index contributed by atoms with van der Waals surface area (Å²) in [6, 6.07) is 12.8. The summed E-state index contributed by atoms with van der Waals surface area (Å²) in [7, 11) is 1.54. The van der Waals surface area contributed by atoms with Crippen LogP contribution in [0.25, 0.3) is 0 Å². The molecule has 0 aliphatic carbocycles. The van der Waals surface area contributed by atoms with Crippen LogP contribution in [0.5, 0.6) is 5.75 Å². The number of carbonyl (C=O) groups excluding carboxylic acids is 2. The van der Waals surface area contributed by atoms with Crippen LogP contribution in [0.4, 0.5) is 17.1 Å². The van der Waals surface area contributed by atoms with E-state index in [1.807, 2.05) is 31.2 Å². The van der Waals surface area contributed by atoms with E-state index >= 15 is 0 Å². The van der Waals surface area contributed by atoms with Crippen molar-refractivity contribution in [1.82, 2.24) is 0 Å². The minimum absolute atomic E-state index is 0.0433. The van der Waals surface area contributed by atoms with Gasteiger partial charge in [0.1, 0.15) is 5.75 Å². The van der Waals surface area contributed by atoms with Gasteiger partial charge in [-0.3, -0.25) is 9.59 Å². The molecule has 1 aliphatic rings. The molecule has 1 saturated heterocycles. The van der Waals surface area contributed by atoms with Gasteiger partial charge < -0.3 is 20.7 Å². The maximum Gasteiger partial charge on any atom is 0.229 e. The quantitative estimate of drug-likeness (QED) is 0.839. The molecule has 130 valence electrons. The average Bonchev–Trinajstić information content (AvgIpc) is 2.98. The van der Waals surface area contributed by atoms with Crippen molar-refractivity contribution < 1.29 is 14.3 Å². The highest BCUT2D eigenvalue weighted by Gasteiger charge is 2.35. The molecule has 0 aromatic heterocycles. The molecule has 0 spiro atoms. The Kier molecular flexibility index (Phi) is 4.61. The van der Waals surface area contributed by atoms with E-state index in [1.165, 1.54) is 7.11 Å². The topological polar surface area (TPSA) is 84.7 Å². The van der Waals surface area contributed by atoms with Gasteiger partial charge in [-0.1, -0.05) is 17.7 Å². The molecule has 6 nitrogen and oxygen atoms in total. The predicted octanol–water partition coefficient (Wildman–Crippen LogP) is 2.58. The standard InChI is InChI=1S/C19H21N3O3/c1-12-3-6-15(7-4-12)22-11-13(9-18(22)23)19(24)21-14-5-8-17(25-2)16(20)10-14/h3-8,10,13H,9,11,20H2,1-2H3,(H,21,24). The fourth-order valence-corrected chi connectivity index (χ4v) is 2.91. The van der Waals surface area contributed by atoms with E-state index in [0.717, 1.165) is 11.3 Å². The molecular formula is C19H21N3O3. The number of amides is 2. The number of nitrogens with two attached hydrogens (primary N) is 1. The van der Waals surface area contributed by atoms with Gasteiger partial charge in [0.05, 0.1) is 18.7 Å². The number of aryl methyl sites for hydroxylation is 1. The number of nitrogen functional groups attached to an aromatic ring is 1. The molecule has 1 unspecified atom stereocenters. The molecule has 1 atom stereocenters. The third kappa shape index (κ3) is 3.57. The normalized spacial score (nSPS) is 16.8. The van der Waals surface area contributed by atoms with Gasteiger partial charge >= 0.3 is 0 Å². The Bertz CT molecular complexity index is 802. The third-order valence-electron chi connectivity index (χ3n) is 4.34. The van der Waals surface area contributed by atoms with Crippen molar-refractivity contribution in [2.75, 3.05) is 29.6 Å². The van der Waals surface area contributed by atoms with Crippen molar-refractivity contribution in [3.05, 3.63) is 48.0 Å². The zero-order chi connectivity index (χ0) is 18.0. The van der Waals surface area contributed by atoms with Crippen molar-refractivity contribution in [2.24, 2.45) is 5.92 Å². The number of hydrogen-bond donors (Lipinski definition) is 2. The Morgan fingerprint density at radius 2 is 1.96 bits per heavy atom. The second-order valence-electron chi connectivity index (χ2n) is 6.19. The van der Waals surface area contributed by atoms with Crippen LogP contribution >= 0.6 is 0 Å². The SMILES string of the molecule is COc1ccc(NC(=O)C2CC(=O)N(c3ccc(C)cc3)C2)cc1N. The van der Waals surface area contributed by atoms with Crippen molar-refractivity contribution in [3.63, 3.8) is 0 Å². The molecule has 1 aliphatic heterocycles. The molecule has 0 radical (unpaired) electrons. The summed E-state index contributed by atoms with van der Waals surface area (Å²) in [4.78, 5) is 26.4. The molecule has 3 N–H and O–H groups in total. The number of hydrogen-bond acceptors (Lipinski definition) is 4. The summed E-state index contributed by atoms with van der Waals surface area (Å²) >= 11 is 0. The van der Waals surface area contributed by atoms with Crippen LogP contribution in [0.15, 0.2) is 42.5 Å². The Balaban J connectivity index is 1.68. The Morgan fingerprint density at radius 3 is 2.60 bits per heavy atom. The summed E-state index contributed by atoms with van der Waals surface area (Å²) in [6.45, 7) is 2.37. The van der Waals surface area contributed by atoms with E-state index in [-0.39, 0.29) is 18.2 Å². The lowest BCUT2D eigenvalue weighted by Gasteiger charge is -2.17. The molecule has 3 rings (SSSR count). The maximum absolute atomic E-state index is 12.5. The van der Waals surface area contributed by atoms with E-state index in [9.17, 15) is 9.59 Å². The summed E-state index contributed by atoms with van der Waals surface area (Å²) in [6.07, 6.45) is 0.200. The Labute approximate surface area is 146 Å². The minimum Gasteiger partial charge on any atom is -0.495 e. The number of anilines is 3. The first-order chi connectivity index (χ1) is 12.0. The lowest BCUT2D eigenvalue weighted by Crippen LogP contribution is -2.28. The minimum atomic E-state index is -0.392. The summed E-state index contributed by atoms with van der Waals surface area (Å²) < 4.78 is 5.10. The first-order valence-corrected chi connectivity index (χ1v) is 8.09. The van der Waals surface area contributed by atoms with Gasteiger partial charge in [-0.2, -0.15) is 0 Å². The molecule has 1 fully saturated rings. The van der Waals surface area contributed by atoms with E-state index < -0.39 is 5.92 Å². The lowest BCUT2D eigenvalue weighted by atomic mass is 10.1. The number of ether oxygens (including phenoxy) is 1. The van der Waals surface area contributed by atoms with Gasteiger partial charge in [-0.05, 0) is 37.3 Å². The van der Waals surface area contributed by atoms with Crippen LogP contribution in [0.3, 0.4) is 0 Å². The molecule has 1 heterocycles. The van der Waals surface area contributed by atoms with Gasteiger partial charge in [0.25, 0.3) is 0 Å². The van der Waals surface area contributed by atoms with Crippen molar-refractivity contribution in [3.8, 4) is 5.75 Å². The number of methoxy groups -OCH3 is 1. The van der Waals surface area contributed by atoms with Crippen LogP contribution in [0, 0.1) is 12.8 Å². The lowest BCUT2D eigenvalue weighted by molar-refractivity contribution is -0.122. The highest BCUT2D eigenvalue weighted by Crippen LogP contribution is 2.28. The van der Waals surface area contributed by atoms with E-state index in [0.29, 0.717) is 23.7 Å². The van der Waals surface area contributed by atoms with Crippen molar-refractivity contribution in [1.29, 1.82) is 0 Å². The molecule has 0 saturated carbocycles. The molecule has 2 aromatic carbocycles. The van der Waals surface area contributed by atoms with E-state index in [1.54, 1.807) is 23.1 Å². The number of carbonyl (C=O) groups is 2. The molecule has 2 amide bonds. The van der Waals surface area contributed by atoms with E-state index in [4.69, 9.17) is 10.5 Å². The molecule has 25 heavy (non-hydrogen) atoms. The zero-order valence-electron chi connectivity index (χ0n) is 14.3. The van der Waals surface area contributed by atoms with Crippen LogP contribution in [-0.2, 0) is 9.59 Å². The van der Waals surface area contributed by atoms with Gasteiger partial charge in [-0.15, -0.1) is 0 Å². The van der Waals surface area contributed by atoms with Gasteiger partial charge in [-0.25, -0.2) is 0 Å². The number of nitrogens with one attached hydrogen (secondary N) is 1. The van der Waals surface area contributed by atoms with Gasteiger partial charge in [0.15, 0.2) is 0 Å². The Morgan fingerprint density at radius 1 is 1.24 bits per heavy atom. The molecule has 6 heteroatoms. The van der Waals surface area contributed by atoms with Crippen LogP contribution in [0.2, 0.25) is 0 Å².